The first-order valence-electron chi connectivity index (χ1n) is 4.96. The lowest BCUT2D eigenvalue weighted by atomic mass is 9.91. The summed E-state index contributed by atoms with van der Waals surface area (Å²) in [4.78, 5) is 10.7. The zero-order valence-electron chi connectivity index (χ0n) is 8.64. The second kappa shape index (κ2) is 3.84. The molecule has 1 aliphatic rings. The number of aliphatic carboxylic acids is 1. The zero-order chi connectivity index (χ0) is 12.8. The number of benzene rings is 1. The van der Waals surface area contributed by atoms with Crippen LogP contribution in [0, 0.1) is 11.6 Å². The van der Waals surface area contributed by atoms with E-state index in [2.05, 4.69) is 0 Å². The molecule has 2 rings (SSSR count). The molecule has 0 atom stereocenters. The van der Waals surface area contributed by atoms with Crippen molar-refractivity contribution in [1.82, 2.24) is 0 Å². The first-order valence-corrected chi connectivity index (χ1v) is 5.34. The summed E-state index contributed by atoms with van der Waals surface area (Å²) in [5.74, 6) is -4.09. The van der Waals surface area contributed by atoms with Gasteiger partial charge >= 0.3 is 5.97 Å². The Labute approximate surface area is 101 Å². The van der Waals surface area contributed by atoms with Gasteiger partial charge in [-0.15, -0.1) is 0 Å². The van der Waals surface area contributed by atoms with Crippen molar-refractivity contribution in [3.8, 4) is 5.75 Å². The lowest BCUT2D eigenvalue weighted by Gasteiger charge is -2.17. The second-order valence-electron chi connectivity index (χ2n) is 4.23. The van der Waals surface area contributed by atoms with E-state index in [1.807, 2.05) is 0 Å². The summed E-state index contributed by atoms with van der Waals surface area (Å²) in [6.45, 7) is 0. The quantitative estimate of drug-likeness (QED) is 0.824. The van der Waals surface area contributed by atoms with Gasteiger partial charge in [-0.25, -0.2) is 8.78 Å². The fourth-order valence-electron chi connectivity index (χ4n) is 2.03. The first kappa shape index (κ1) is 12.1. The third kappa shape index (κ3) is 1.95. The molecule has 6 heteroatoms. The maximum atomic E-state index is 13.6. The van der Waals surface area contributed by atoms with E-state index in [0.717, 1.165) is 0 Å². The molecule has 17 heavy (non-hydrogen) atoms. The van der Waals surface area contributed by atoms with Gasteiger partial charge in [-0.2, -0.15) is 0 Å². The van der Waals surface area contributed by atoms with Crippen molar-refractivity contribution in [3.05, 3.63) is 28.3 Å². The number of hydrogen-bond acceptors (Lipinski definition) is 2. The number of carbonyl (C=O) groups is 1. The minimum atomic E-state index is -1.22. The highest BCUT2D eigenvalue weighted by Gasteiger charge is 2.50. The van der Waals surface area contributed by atoms with E-state index in [-0.39, 0.29) is 17.0 Å². The summed E-state index contributed by atoms with van der Waals surface area (Å²) in [5.41, 5.74) is -1.34. The van der Waals surface area contributed by atoms with E-state index in [1.54, 1.807) is 0 Å². The Morgan fingerprint density at radius 3 is 2.53 bits per heavy atom. The molecule has 1 fully saturated rings. The predicted octanol–water partition coefficient (Wildman–Crippen LogP) is 2.83. The molecule has 0 radical (unpaired) electrons. The molecule has 0 spiro atoms. The average Bonchev–Trinajstić information content (AvgIpc) is 2.95. The molecule has 0 bridgehead atoms. The van der Waals surface area contributed by atoms with Crippen molar-refractivity contribution in [2.24, 2.45) is 0 Å². The van der Waals surface area contributed by atoms with Crippen LogP contribution in [0.4, 0.5) is 8.78 Å². The van der Waals surface area contributed by atoms with E-state index < -0.39 is 28.8 Å². The molecular weight excluding hydrogens is 254 g/mol. The van der Waals surface area contributed by atoms with Gasteiger partial charge in [0.2, 0.25) is 0 Å². The molecule has 92 valence electrons. The molecule has 3 nitrogen and oxygen atoms in total. The van der Waals surface area contributed by atoms with Crippen molar-refractivity contribution < 1.29 is 23.8 Å². The number of rotatable bonds is 3. The SMILES string of the molecule is O=C(O)CC1(c2c(O)c(Cl)cc(F)c2F)CC1. The Hall–Kier alpha value is -1.36. The fourth-order valence-corrected chi connectivity index (χ4v) is 2.22. The highest BCUT2D eigenvalue weighted by atomic mass is 35.5. The third-order valence-corrected chi connectivity index (χ3v) is 3.31. The van der Waals surface area contributed by atoms with Gasteiger partial charge in [-0.1, -0.05) is 11.6 Å². The van der Waals surface area contributed by atoms with Crippen LogP contribution in [0.1, 0.15) is 24.8 Å². The Morgan fingerprint density at radius 2 is 2.06 bits per heavy atom. The van der Waals surface area contributed by atoms with Gasteiger partial charge in [0.15, 0.2) is 11.6 Å². The minimum absolute atomic E-state index is 0.310. The number of carboxylic acids is 1. The van der Waals surface area contributed by atoms with Gasteiger partial charge in [0.25, 0.3) is 0 Å². The van der Waals surface area contributed by atoms with Crippen LogP contribution in [0.2, 0.25) is 5.02 Å². The van der Waals surface area contributed by atoms with Gasteiger partial charge in [-0.05, 0) is 18.9 Å². The van der Waals surface area contributed by atoms with Crippen molar-refractivity contribution in [2.45, 2.75) is 24.7 Å². The van der Waals surface area contributed by atoms with Gasteiger partial charge in [0.05, 0.1) is 11.4 Å². The summed E-state index contributed by atoms with van der Waals surface area (Å²) >= 11 is 5.56. The van der Waals surface area contributed by atoms with Gasteiger partial charge < -0.3 is 10.2 Å². The fraction of sp³-hybridized carbons (Fsp3) is 0.364. The zero-order valence-corrected chi connectivity index (χ0v) is 9.39. The van der Waals surface area contributed by atoms with Crippen molar-refractivity contribution in [2.75, 3.05) is 0 Å². The van der Waals surface area contributed by atoms with Crippen molar-refractivity contribution in [3.63, 3.8) is 0 Å². The molecule has 0 heterocycles. The van der Waals surface area contributed by atoms with Gasteiger partial charge in [0, 0.05) is 11.0 Å². The highest BCUT2D eigenvalue weighted by molar-refractivity contribution is 6.32. The second-order valence-corrected chi connectivity index (χ2v) is 4.64. The lowest BCUT2D eigenvalue weighted by Crippen LogP contribution is -2.16. The van der Waals surface area contributed by atoms with Gasteiger partial charge in [0.1, 0.15) is 5.75 Å². The molecule has 2 N–H and O–H groups in total. The lowest BCUT2D eigenvalue weighted by molar-refractivity contribution is -0.137. The monoisotopic (exact) mass is 262 g/mol. The Bertz CT molecular complexity index is 472. The summed E-state index contributed by atoms with van der Waals surface area (Å²) in [5, 5.41) is 18.1. The number of phenolic OH excluding ortho intramolecular Hbond substituents is 1. The summed E-state index contributed by atoms with van der Waals surface area (Å²) in [7, 11) is 0. The molecule has 0 aromatic heterocycles. The Kier molecular flexibility index (Phi) is 2.73. The van der Waals surface area contributed by atoms with Crippen LogP contribution in [0.5, 0.6) is 5.75 Å². The molecule has 0 amide bonds. The number of hydrogen-bond donors (Lipinski definition) is 2. The van der Waals surface area contributed by atoms with E-state index >= 15 is 0 Å². The number of aromatic hydroxyl groups is 1. The normalized spacial score (nSPS) is 16.9. The molecule has 1 aromatic carbocycles. The molecular formula is C11H9ClF2O3. The minimum Gasteiger partial charge on any atom is -0.506 e. The Morgan fingerprint density at radius 1 is 1.47 bits per heavy atom. The van der Waals surface area contributed by atoms with E-state index in [1.165, 1.54) is 0 Å². The molecule has 0 saturated heterocycles. The highest BCUT2D eigenvalue weighted by Crippen LogP contribution is 2.56. The summed E-state index contributed by atoms with van der Waals surface area (Å²) < 4.78 is 26.8. The van der Waals surface area contributed by atoms with E-state index in [4.69, 9.17) is 16.7 Å². The average molecular weight is 263 g/mol. The topological polar surface area (TPSA) is 57.5 Å². The van der Waals surface area contributed by atoms with E-state index in [0.29, 0.717) is 18.9 Å². The summed E-state index contributed by atoms with van der Waals surface area (Å²) in [6, 6.07) is 0.673. The van der Waals surface area contributed by atoms with Crippen LogP contribution in [0.15, 0.2) is 6.07 Å². The van der Waals surface area contributed by atoms with Crippen LogP contribution in [-0.2, 0) is 10.2 Å². The largest absolute Gasteiger partial charge is 0.506 e. The molecule has 0 unspecified atom stereocenters. The maximum absolute atomic E-state index is 13.6. The summed E-state index contributed by atoms with van der Waals surface area (Å²) in [6.07, 6.45) is 0.435. The van der Waals surface area contributed by atoms with Crippen LogP contribution in [0.3, 0.4) is 0 Å². The number of phenols is 1. The number of carboxylic acid groups (broad SMARTS) is 1. The smallest absolute Gasteiger partial charge is 0.304 e. The molecule has 0 aliphatic heterocycles. The van der Waals surface area contributed by atoms with Gasteiger partial charge in [-0.3, -0.25) is 4.79 Å². The van der Waals surface area contributed by atoms with Crippen LogP contribution >= 0.6 is 11.6 Å². The van der Waals surface area contributed by atoms with E-state index in [9.17, 15) is 18.7 Å². The number of halogens is 3. The standard InChI is InChI=1S/C11H9ClF2O3/c12-5-3-6(13)9(14)8(10(5)17)11(1-2-11)4-7(15)16/h3,17H,1-2,4H2,(H,15,16). The molecule has 1 aliphatic carbocycles. The van der Waals surface area contributed by atoms with Crippen molar-refractivity contribution >= 4 is 17.6 Å². The third-order valence-electron chi connectivity index (χ3n) is 3.02. The van der Waals surface area contributed by atoms with Crippen LogP contribution in [-0.4, -0.2) is 16.2 Å². The van der Waals surface area contributed by atoms with Crippen LogP contribution < -0.4 is 0 Å². The van der Waals surface area contributed by atoms with Crippen molar-refractivity contribution in [1.29, 1.82) is 0 Å². The predicted molar refractivity (Wildman–Crippen MR) is 56.2 cm³/mol. The van der Waals surface area contributed by atoms with Crippen LogP contribution in [0.25, 0.3) is 0 Å². The first-order chi connectivity index (χ1) is 7.87. The Balaban J connectivity index is 2.55. The molecule has 1 saturated carbocycles. The molecule has 1 aromatic rings. The maximum Gasteiger partial charge on any atom is 0.304 e.